The minimum absolute atomic E-state index is 0.0169. The van der Waals surface area contributed by atoms with Crippen molar-refractivity contribution in [1.82, 2.24) is 4.90 Å². The Balaban J connectivity index is 1.68. The van der Waals surface area contributed by atoms with Crippen LogP contribution in [0.25, 0.3) is 0 Å². The van der Waals surface area contributed by atoms with Crippen LogP contribution in [0.2, 0.25) is 0 Å². The van der Waals surface area contributed by atoms with Gasteiger partial charge < -0.3 is 5.11 Å². The fourth-order valence-electron chi connectivity index (χ4n) is 3.77. The van der Waals surface area contributed by atoms with Gasteiger partial charge in [0.25, 0.3) is 0 Å². The van der Waals surface area contributed by atoms with Crippen molar-refractivity contribution in [3.63, 3.8) is 0 Å². The van der Waals surface area contributed by atoms with Gasteiger partial charge >= 0.3 is 0 Å². The Bertz CT molecular complexity index is 367. The lowest BCUT2D eigenvalue weighted by Gasteiger charge is -2.35. The number of amides is 2. The molecule has 2 saturated carbocycles. The molecular formula is C14H21NO3. The number of imide groups is 1. The highest BCUT2D eigenvalue weighted by Crippen LogP contribution is 2.46. The molecule has 1 aliphatic heterocycles. The van der Waals surface area contributed by atoms with E-state index in [1.807, 2.05) is 0 Å². The predicted molar refractivity (Wildman–Crippen MR) is 65.6 cm³/mol. The van der Waals surface area contributed by atoms with Crippen molar-refractivity contribution in [3.05, 3.63) is 0 Å². The van der Waals surface area contributed by atoms with Crippen molar-refractivity contribution in [2.45, 2.75) is 57.5 Å². The van der Waals surface area contributed by atoms with Crippen molar-refractivity contribution in [3.8, 4) is 0 Å². The molecule has 0 aromatic carbocycles. The molecule has 3 aliphatic rings. The molecule has 0 aromatic heterocycles. The second-order valence-electron chi connectivity index (χ2n) is 6.32. The Hall–Kier alpha value is -0.900. The van der Waals surface area contributed by atoms with Gasteiger partial charge in [-0.1, -0.05) is 19.3 Å². The van der Waals surface area contributed by atoms with E-state index in [0.29, 0.717) is 18.9 Å². The van der Waals surface area contributed by atoms with Gasteiger partial charge in [0, 0.05) is 13.0 Å². The smallest absolute Gasteiger partial charge is 0.235 e. The lowest BCUT2D eigenvalue weighted by molar-refractivity contribution is -0.144. The molecule has 4 heteroatoms. The van der Waals surface area contributed by atoms with Crippen LogP contribution >= 0.6 is 0 Å². The van der Waals surface area contributed by atoms with E-state index >= 15 is 0 Å². The molecule has 0 aromatic rings. The summed E-state index contributed by atoms with van der Waals surface area (Å²) >= 11 is 0. The molecule has 1 heterocycles. The Kier molecular flexibility index (Phi) is 2.93. The minimum Gasteiger partial charge on any atom is -0.393 e. The first-order chi connectivity index (χ1) is 8.61. The largest absolute Gasteiger partial charge is 0.393 e. The molecule has 0 bridgehead atoms. The summed E-state index contributed by atoms with van der Waals surface area (Å²) in [5.74, 6) is 0.420. The average molecular weight is 251 g/mol. The van der Waals surface area contributed by atoms with Crippen LogP contribution in [0.1, 0.15) is 51.4 Å². The van der Waals surface area contributed by atoms with Gasteiger partial charge in [0.05, 0.1) is 11.5 Å². The molecule has 1 spiro atoms. The topological polar surface area (TPSA) is 57.6 Å². The molecule has 100 valence electrons. The molecule has 1 N–H and O–H groups in total. The van der Waals surface area contributed by atoms with Crippen molar-refractivity contribution in [2.75, 3.05) is 6.54 Å². The van der Waals surface area contributed by atoms with Crippen LogP contribution in [0.5, 0.6) is 0 Å². The molecule has 0 atom stereocenters. The highest BCUT2D eigenvalue weighted by atomic mass is 16.3. The molecule has 18 heavy (non-hydrogen) atoms. The Labute approximate surface area is 107 Å². The number of nitrogens with zero attached hydrogens (tertiary/aromatic N) is 1. The van der Waals surface area contributed by atoms with Gasteiger partial charge in [-0.15, -0.1) is 0 Å². The van der Waals surface area contributed by atoms with E-state index in [-0.39, 0.29) is 23.3 Å². The summed E-state index contributed by atoms with van der Waals surface area (Å²) in [5.41, 5.74) is -0.350. The summed E-state index contributed by atoms with van der Waals surface area (Å²) in [5, 5.41) is 9.28. The predicted octanol–water partition coefficient (Wildman–Crippen LogP) is 1.47. The fraction of sp³-hybridized carbons (Fsp3) is 0.857. The van der Waals surface area contributed by atoms with E-state index in [9.17, 15) is 14.7 Å². The second kappa shape index (κ2) is 4.34. The summed E-state index contributed by atoms with van der Waals surface area (Å²) in [7, 11) is 0. The molecule has 0 radical (unpaired) electrons. The number of rotatable bonds is 2. The van der Waals surface area contributed by atoms with Crippen molar-refractivity contribution in [1.29, 1.82) is 0 Å². The summed E-state index contributed by atoms with van der Waals surface area (Å²) in [6, 6.07) is 0. The lowest BCUT2D eigenvalue weighted by Crippen LogP contribution is -2.43. The van der Waals surface area contributed by atoms with Gasteiger partial charge in [-0.3, -0.25) is 14.5 Å². The van der Waals surface area contributed by atoms with Crippen LogP contribution < -0.4 is 0 Å². The maximum atomic E-state index is 12.5. The number of likely N-dealkylation sites (tertiary alicyclic amines) is 1. The summed E-state index contributed by atoms with van der Waals surface area (Å²) in [6.45, 7) is 0.538. The van der Waals surface area contributed by atoms with Crippen LogP contribution in [0.15, 0.2) is 0 Å². The Morgan fingerprint density at radius 3 is 2.44 bits per heavy atom. The van der Waals surface area contributed by atoms with Crippen molar-refractivity contribution >= 4 is 11.8 Å². The average Bonchev–Trinajstić information content (AvgIpc) is 2.53. The quantitative estimate of drug-likeness (QED) is 0.756. The Morgan fingerprint density at radius 1 is 1.17 bits per heavy atom. The van der Waals surface area contributed by atoms with Gasteiger partial charge in [-0.2, -0.15) is 0 Å². The zero-order valence-corrected chi connectivity index (χ0v) is 10.7. The maximum absolute atomic E-state index is 12.5. The van der Waals surface area contributed by atoms with E-state index in [1.165, 1.54) is 11.3 Å². The van der Waals surface area contributed by atoms with Gasteiger partial charge in [0.2, 0.25) is 11.8 Å². The highest BCUT2D eigenvalue weighted by molar-refractivity contribution is 6.05. The molecule has 0 unspecified atom stereocenters. The van der Waals surface area contributed by atoms with E-state index in [4.69, 9.17) is 0 Å². The third-order valence-electron chi connectivity index (χ3n) is 4.95. The van der Waals surface area contributed by atoms with Gasteiger partial charge in [-0.05, 0) is 31.6 Å². The molecule has 3 rings (SSSR count). The number of hydrogen-bond acceptors (Lipinski definition) is 3. The van der Waals surface area contributed by atoms with Crippen LogP contribution in [0.4, 0.5) is 0 Å². The highest BCUT2D eigenvalue weighted by Gasteiger charge is 2.52. The molecular weight excluding hydrogens is 230 g/mol. The van der Waals surface area contributed by atoms with E-state index in [0.717, 1.165) is 38.5 Å². The fourth-order valence-corrected chi connectivity index (χ4v) is 3.77. The molecule has 3 fully saturated rings. The maximum Gasteiger partial charge on any atom is 0.235 e. The van der Waals surface area contributed by atoms with Gasteiger partial charge in [0.1, 0.15) is 0 Å². The number of aliphatic hydroxyl groups excluding tert-OH is 1. The SMILES string of the molecule is O=C1CC2(CCCCC2)C(=O)N1CC1CC(O)C1. The zero-order chi connectivity index (χ0) is 12.8. The molecule has 1 saturated heterocycles. The standard InChI is InChI=1S/C14H21NO3/c16-11-6-10(7-11)9-15-12(17)8-14(13(15)18)4-2-1-3-5-14/h10-11,16H,1-9H2. The number of carbonyl (C=O) groups is 2. The van der Waals surface area contributed by atoms with E-state index in [2.05, 4.69) is 0 Å². The first-order valence-corrected chi connectivity index (χ1v) is 7.14. The van der Waals surface area contributed by atoms with Crippen LogP contribution in [-0.4, -0.2) is 34.5 Å². The first kappa shape index (κ1) is 12.2. The number of aliphatic hydroxyl groups is 1. The van der Waals surface area contributed by atoms with Gasteiger partial charge in [-0.25, -0.2) is 0 Å². The van der Waals surface area contributed by atoms with E-state index in [1.54, 1.807) is 0 Å². The minimum atomic E-state index is -0.350. The van der Waals surface area contributed by atoms with Gasteiger partial charge in [0.15, 0.2) is 0 Å². The third-order valence-corrected chi connectivity index (χ3v) is 4.95. The summed E-state index contributed by atoms with van der Waals surface area (Å²) in [4.78, 5) is 26.0. The first-order valence-electron chi connectivity index (χ1n) is 7.14. The van der Waals surface area contributed by atoms with Crippen LogP contribution in [0.3, 0.4) is 0 Å². The zero-order valence-electron chi connectivity index (χ0n) is 10.7. The normalized spacial score (nSPS) is 35.1. The van der Waals surface area contributed by atoms with Crippen molar-refractivity contribution < 1.29 is 14.7 Å². The lowest BCUT2D eigenvalue weighted by atomic mass is 9.73. The molecule has 2 amide bonds. The van der Waals surface area contributed by atoms with E-state index < -0.39 is 0 Å². The Morgan fingerprint density at radius 2 is 1.83 bits per heavy atom. The number of hydrogen-bond donors (Lipinski definition) is 1. The monoisotopic (exact) mass is 251 g/mol. The van der Waals surface area contributed by atoms with Crippen LogP contribution in [-0.2, 0) is 9.59 Å². The summed E-state index contributed by atoms with van der Waals surface area (Å²) < 4.78 is 0. The van der Waals surface area contributed by atoms with Crippen LogP contribution in [0, 0.1) is 11.3 Å². The third kappa shape index (κ3) is 1.87. The number of carbonyl (C=O) groups excluding carboxylic acids is 2. The van der Waals surface area contributed by atoms with Crippen molar-refractivity contribution in [2.24, 2.45) is 11.3 Å². The summed E-state index contributed by atoms with van der Waals surface area (Å²) in [6.07, 6.45) is 6.83. The molecule has 2 aliphatic carbocycles. The second-order valence-corrected chi connectivity index (χ2v) is 6.32. The molecule has 4 nitrogen and oxygen atoms in total.